The van der Waals surface area contributed by atoms with Crippen LogP contribution in [0.1, 0.15) is 46.0 Å². The molecule has 0 spiro atoms. The highest BCUT2D eigenvalue weighted by Crippen LogP contribution is 2.31. The molecule has 0 aliphatic rings. The smallest absolute Gasteiger partial charge is 0.433 e. The molecular formula is C41H34Cl2F6N8O14S. The normalized spacial score (nSPS) is 11.3. The number of esters is 1. The van der Waals surface area contributed by atoms with Crippen LogP contribution in [0.25, 0.3) is 16.6 Å². The summed E-state index contributed by atoms with van der Waals surface area (Å²) in [4.78, 5) is 84.4. The molecule has 0 aliphatic heterocycles. The first-order valence-electron chi connectivity index (χ1n) is 19.4. The van der Waals surface area contributed by atoms with E-state index >= 15 is 0 Å². The Balaban J connectivity index is 0.000000244. The molecule has 0 fully saturated rings. The van der Waals surface area contributed by atoms with E-state index in [0.717, 1.165) is 18.5 Å². The number of hydrogen-bond acceptors (Lipinski definition) is 16. The number of alkyl halides is 6. The maximum atomic E-state index is 12.9. The van der Waals surface area contributed by atoms with Crippen LogP contribution >= 0.6 is 23.2 Å². The van der Waals surface area contributed by atoms with Crippen LogP contribution in [0.5, 0.6) is 17.5 Å². The average molecular weight is 1080 g/mol. The minimum atomic E-state index is -5.14. The highest BCUT2D eigenvalue weighted by molar-refractivity contribution is 7.90. The number of nitrogens with one attached hydrogen (secondary N) is 2. The Hall–Kier alpha value is -8.05. The van der Waals surface area contributed by atoms with Crippen molar-refractivity contribution in [3.05, 3.63) is 126 Å². The number of fused-ring (bicyclic) bond motifs is 1. The van der Waals surface area contributed by atoms with Gasteiger partial charge in [0.2, 0.25) is 17.7 Å². The predicted molar refractivity (Wildman–Crippen MR) is 238 cm³/mol. The molecule has 0 unspecified atom stereocenters. The third kappa shape index (κ3) is 14.5. The fourth-order valence-corrected chi connectivity index (χ4v) is 6.99. The lowest BCUT2D eigenvalue weighted by Crippen LogP contribution is -2.40. The molecule has 2 amide bonds. The summed E-state index contributed by atoms with van der Waals surface area (Å²) in [5.41, 5.74) is -6.19. The first kappa shape index (κ1) is 56.5. The van der Waals surface area contributed by atoms with E-state index in [1.807, 2.05) is 5.32 Å². The van der Waals surface area contributed by atoms with E-state index in [9.17, 15) is 63.5 Å². The fraction of sp³-hybridized carbons (Fsp3) is 0.220. The number of aliphatic carboxylic acids is 1. The molecule has 0 aliphatic carbocycles. The predicted octanol–water partition coefficient (Wildman–Crippen LogP) is 6.24. The van der Waals surface area contributed by atoms with Crippen LogP contribution in [-0.4, -0.2) is 98.6 Å². The summed E-state index contributed by atoms with van der Waals surface area (Å²) >= 11 is 11.9. The zero-order valence-corrected chi connectivity index (χ0v) is 39.4. The van der Waals surface area contributed by atoms with Crippen LogP contribution in [0.3, 0.4) is 0 Å². The molecule has 22 nitrogen and oxygen atoms in total. The molecule has 0 radical (unpaired) electrons. The number of aromatic nitrogens is 6. The quantitative estimate of drug-likeness (QED) is 0.0778. The SMILES string of the molecule is CC(C)OC(=O)c1cc(-n2c(=O)cc(C(F)(F)F)n(C)c2=O)ccc1Cl.COc1cc(OC)nc(NC(=O)NS(=O)(=O)c2nc(C(F)(F)F)ccc2C(=O)O)n1.O=C(O)COc1ccc(Cl)c2cccnc12. The van der Waals surface area contributed by atoms with Gasteiger partial charge in [0.1, 0.15) is 22.7 Å². The molecule has 4 aromatic heterocycles. The highest BCUT2D eigenvalue weighted by atomic mass is 35.5. The molecule has 0 saturated heterocycles. The molecule has 0 saturated carbocycles. The molecule has 4 heterocycles. The zero-order chi connectivity index (χ0) is 54.0. The van der Waals surface area contributed by atoms with Crippen LogP contribution < -0.4 is 35.5 Å². The Kier molecular flexibility index (Phi) is 18.3. The van der Waals surface area contributed by atoms with Crippen LogP contribution in [0, 0.1) is 0 Å². The molecular weight excluding hydrogens is 1050 g/mol. The standard InChI is InChI=1S/C16H14ClF3N2O4.C14H12F3N5O7S.C11H8ClNO3/c1-8(2)26-14(24)10-6-9(4-5-11(10)17)22-13(23)7-12(16(18,19)20)21(3)15(22)25;1-28-8-5-9(29-2)20-12(19-8)21-13(25)22-30(26,27)10-6(11(23)24)3-4-7(18-10)14(15,16)17;12-8-3-4-9(16-6-10(14)15)11-7(8)2-1-5-13-11/h4-8H,1-3H3;3-5H,1-2H3,(H,23,24)(H2,19,20,21,22,25);1-5H,6H2,(H,14,15). The number of pyridine rings is 2. The number of anilines is 1. The number of carboxylic acids is 2. The number of methoxy groups -OCH3 is 2. The summed E-state index contributed by atoms with van der Waals surface area (Å²) in [6.07, 6.45) is -8.76. The second kappa shape index (κ2) is 23.2. The van der Waals surface area contributed by atoms with E-state index in [1.165, 1.54) is 37.1 Å². The van der Waals surface area contributed by atoms with Crippen LogP contribution in [0.4, 0.5) is 37.1 Å². The minimum absolute atomic E-state index is 0.0104. The van der Waals surface area contributed by atoms with Crippen molar-refractivity contribution in [2.24, 2.45) is 7.05 Å². The summed E-state index contributed by atoms with van der Waals surface area (Å²) < 4.78 is 124. The Morgan fingerprint density at radius 1 is 0.819 bits per heavy atom. The molecule has 6 aromatic rings. The van der Waals surface area contributed by atoms with Crippen molar-refractivity contribution in [3.8, 4) is 23.2 Å². The Morgan fingerprint density at radius 3 is 2.00 bits per heavy atom. The number of nitrogens with zero attached hydrogens (tertiary/aromatic N) is 6. The van der Waals surface area contributed by atoms with Crippen molar-refractivity contribution in [3.63, 3.8) is 0 Å². The topological polar surface area (TPSA) is 299 Å². The summed E-state index contributed by atoms with van der Waals surface area (Å²) in [5.74, 6) is -3.88. The van der Waals surface area contributed by atoms with Gasteiger partial charge >= 0.3 is 42.0 Å². The Labute approximate surface area is 409 Å². The number of ether oxygens (including phenoxy) is 4. The molecule has 4 N–H and O–H groups in total. The number of aromatic carboxylic acids is 1. The van der Waals surface area contributed by atoms with E-state index in [-0.39, 0.29) is 28.0 Å². The number of carbonyl (C=O) groups is 4. The van der Waals surface area contributed by atoms with Gasteiger partial charge in [0, 0.05) is 24.7 Å². The van der Waals surface area contributed by atoms with E-state index in [2.05, 4.69) is 19.9 Å². The van der Waals surface area contributed by atoms with Crippen LogP contribution in [0.2, 0.25) is 10.0 Å². The average Bonchev–Trinajstić information content (AvgIpc) is 3.29. The van der Waals surface area contributed by atoms with Crippen molar-refractivity contribution in [1.29, 1.82) is 0 Å². The molecule has 2 aromatic carbocycles. The number of rotatable bonds is 12. The molecule has 0 bridgehead atoms. The Bertz CT molecular complexity index is 3260. The maximum Gasteiger partial charge on any atom is 0.433 e. The Morgan fingerprint density at radius 2 is 1.44 bits per heavy atom. The number of amides is 2. The number of sulfonamides is 1. The van der Waals surface area contributed by atoms with Gasteiger partial charge in [-0.25, -0.2) is 38.2 Å². The second-order valence-corrected chi connectivity index (χ2v) is 16.4. The second-order valence-electron chi connectivity index (χ2n) is 14.0. The number of benzene rings is 2. The van der Waals surface area contributed by atoms with E-state index < -0.39 is 98.2 Å². The molecule has 0 atom stereocenters. The van der Waals surface area contributed by atoms with Gasteiger partial charge in [-0.15, -0.1) is 0 Å². The number of halogens is 8. The fourth-order valence-electron chi connectivity index (χ4n) is 5.52. The highest BCUT2D eigenvalue weighted by Gasteiger charge is 2.37. The summed E-state index contributed by atoms with van der Waals surface area (Å²) in [6.45, 7) is 2.84. The molecule has 31 heteroatoms. The van der Waals surface area contributed by atoms with Crippen LogP contribution in [-0.2, 0) is 39.0 Å². The minimum Gasteiger partial charge on any atom is -0.481 e. The van der Waals surface area contributed by atoms with Gasteiger partial charge in [0.15, 0.2) is 11.6 Å². The third-order valence-electron chi connectivity index (χ3n) is 8.60. The van der Waals surface area contributed by atoms with Gasteiger partial charge < -0.3 is 29.2 Å². The molecule has 384 valence electrons. The van der Waals surface area contributed by atoms with Gasteiger partial charge in [0.25, 0.3) is 15.6 Å². The first-order valence-corrected chi connectivity index (χ1v) is 21.6. The van der Waals surface area contributed by atoms with Crippen molar-refractivity contribution in [2.45, 2.75) is 37.3 Å². The lowest BCUT2D eigenvalue weighted by molar-refractivity contribution is -0.144. The van der Waals surface area contributed by atoms with E-state index in [4.69, 9.17) is 52.4 Å². The number of urea groups is 1. The maximum absolute atomic E-state index is 12.9. The van der Waals surface area contributed by atoms with Gasteiger partial charge in [-0.2, -0.15) is 44.7 Å². The van der Waals surface area contributed by atoms with Crippen molar-refractivity contribution in [2.75, 3.05) is 26.1 Å². The number of carboxylic acid groups (broad SMARTS) is 2. The lowest BCUT2D eigenvalue weighted by Gasteiger charge is -2.15. The zero-order valence-electron chi connectivity index (χ0n) is 37.1. The van der Waals surface area contributed by atoms with Crippen molar-refractivity contribution in [1.82, 2.24) is 33.8 Å². The van der Waals surface area contributed by atoms with Crippen molar-refractivity contribution >= 4 is 74.0 Å². The number of carbonyl (C=O) groups excluding carboxylic acids is 2. The summed E-state index contributed by atoms with van der Waals surface area (Å²) in [7, 11) is -1.77. The first-order chi connectivity index (χ1) is 33.5. The summed E-state index contributed by atoms with van der Waals surface area (Å²) in [5, 5.41) is 19.3. The lowest BCUT2D eigenvalue weighted by atomic mass is 10.2. The molecule has 6 rings (SSSR count). The van der Waals surface area contributed by atoms with Gasteiger partial charge in [-0.05, 0) is 68.4 Å². The van der Waals surface area contributed by atoms with E-state index in [1.54, 1.807) is 44.3 Å². The van der Waals surface area contributed by atoms with E-state index in [0.29, 0.717) is 43.6 Å². The largest absolute Gasteiger partial charge is 0.481 e. The third-order valence-corrected chi connectivity index (χ3v) is 10.5. The van der Waals surface area contributed by atoms with Gasteiger partial charge in [-0.1, -0.05) is 23.2 Å². The van der Waals surface area contributed by atoms with Gasteiger partial charge in [-0.3, -0.25) is 19.7 Å². The summed E-state index contributed by atoms with van der Waals surface area (Å²) in [6, 6.07) is 11.2. The van der Waals surface area contributed by atoms with Gasteiger partial charge in [0.05, 0.1) is 53.2 Å². The van der Waals surface area contributed by atoms with Crippen molar-refractivity contribution < 1.29 is 83.1 Å². The molecule has 72 heavy (non-hydrogen) atoms. The number of hydrogen-bond donors (Lipinski definition) is 4. The monoisotopic (exact) mass is 1080 g/mol. The van der Waals surface area contributed by atoms with Crippen LogP contribution in [0.15, 0.2) is 87.5 Å².